The van der Waals surface area contributed by atoms with Crippen LogP contribution in [0, 0.1) is 0 Å². The Hall–Kier alpha value is -2.84. The van der Waals surface area contributed by atoms with Gasteiger partial charge in [-0.05, 0) is 85.3 Å². The second-order valence-electron chi connectivity index (χ2n) is 14.1. The van der Waals surface area contributed by atoms with Gasteiger partial charge in [0.2, 0.25) is 0 Å². The van der Waals surface area contributed by atoms with Gasteiger partial charge in [-0.15, -0.1) is 0 Å². The van der Waals surface area contributed by atoms with Crippen LogP contribution in [0.2, 0.25) is 0 Å². The first-order valence-corrected chi connectivity index (χ1v) is 22.8. The van der Waals surface area contributed by atoms with Crippen molar-refractivity contribution >= 4 is 58.0 Å². The molecule has 0 bridgehead atoms. The minimum Gasteiger partial charge on any atom is -0.870 e. The quantitative estimate of drug-likeness (QED) is 0.0392. The Kier molecular flexibility index (Phi) is 23.8. The van der Waals surface area contributed by atoms with Gasteiger partial charge < -0.3 is 24.2 Å². The maximum atomic E-state index is 12.1. The predicted molar refractivity (Wildman–Crippen MR) is 223 cm³/mol. The summed E-state index contributed by atoms with van der Waals surface area (Å²) in [5.74, 6) is 0.488. The van der Waals surface area contributed by atoms with Crippen molar-refractivity contribution in [3.63, 3.8) is 0 Å². The molecule has 13 heteroatoms. The fourth-order valence-electron chi connectivity index (χ4n) is 6.15. The van der Waals surface area contributed by atoms with Crippen LogP contribution in [0.25, 0.3) is 0 Å². The minimum atomic E-state index is -4.57. The molecule has 10 nitrogen and oxygen atoms in total. The summed E-state index contributed by atoms with van der Waals surface area (Å²) >= 11 is 0. The summed E-state index contributed by atoms with van der Waals surface area (Å²) in [6, 6.07) is 21.0. The maximum absolute atomic E-state index is 12.1. The van der Waals surface area contributed by atoms with Gasteiger partial charge in [-0.2, -0.15) is 8.42 Å². The Morgan fingerprint density at radius 1 is 0.544 bits per heavy atom. The molecule has 0 aliphatic rings. The van der Waals surface area contributed by atoms with Crippen LogP contribution in [-0.4, -0.2) is 68.8 Å². The summed E-state index contributed by atoms with van der Waals surface area (Å²) in [6.45, 7) is 4.44. The van der Waals surface area contributed by atoms with Crippen molar-refractivity contribution in [3.05, 3.63) is 96.1 Å². The average molecular weight is 851 g/mol. The normalized spacial score (nSPS) is 11.3. The Bertz CT molecular complexity index is 1840. The van der Waals surface area contributed by atoms with E-state index in [0.29, 0.717) is 0 Å². The van der Waals surface area contributed by atoms with Gasteiger partial charge in [0, 0.05) is 6.07 Å². The van der Waals surface area contributed by atoms with Crippen LogP contribution in [-0.2, 0) is 33.1 Å². The molecule has 0 aliphatic carbocycles. The zero-order valence-corrected chi connectivity index (χ0v) is 37.3. The summed E-state index contributed by atoms with van der Waals surface area (Å²) in [5, 5.41) is 22.1. The number of phenolic OH excluding ortho intramolecular Hbond substituents is 1. The van der Waals surface area contributed by atoms with Gasteiger partial charge in [-0.3, -0.25) is 4.55 Å². The van der Waals surface area contributed by atoms with Gasteiger partial charge in [0.05, 0.1) is 9.79 Å². The van der Waals surface area contributed by atoms with Gasteiger partial charge in [0.25, 0.3) is 10.1 Å². The molecule has 0 saturated carbocycles. The number of unbranched alkanes of at least 4 members (excludes halogenated alkanes) is 14. The van der Waals surface area contributed by atoms with E-state index in [1.54, 1.807) is 30.3 Å². The van der Waals surface area contributed by atoms with E-state index in [4.69, 9.17) is 14.0 Å². The monoisotopic (exact) mass is 850 g/mol. The van der Waals surface area contributed by atoms with Gasteiger partial charge >= 0.3 is 37.7 Å². The van der Waals surface area contributed by atoms with E-state index in [2.05, 4.69) is 13.8 Å². The van der Waals surface area contributed by atoms with E-state index >= 15 is 0 Å². The SMILES string of the molecule is CCCCCCCCCCc1ccc(O)c(Oc2cccc(S(=O)(=O)O)c2)c1.CCCCCCCCCCc1ccc([O-])c(Oc2cccc(S(=O)(=O)[O-])c2)c1.[Ca+2]. The molecule has 0 spiro atoms. The van der Waals surface area contributed by atoms with Crippen LogP contribution in [0.1, 0.15) is 128 Å². The molecule has 308 valence electrons. The summed E-state index contributed by atoms with van der Waals surface area (Å²) in [6.07, 6.45) is 21.7. The fourth-order valence-corrected chi connectivity index (χ4v) is 7.18. The van der Waals surface area contributed by atoms with E-state index < -0.39 is 20.2 Å². The molecule has 57 heavy (non-hydrogen) atoms. The van der Waals surface area contributed by atoms with E-state index in [1.807, 2.05) is 6.07 Å². The molecule has 0 radical (unpaired) electrons. The Labute approximate surface area is 370 Å². The van der Waals surface area contributed by atoms with Crippen molar-refractivity contribution in [2.75, 3.05) is 0 Å². The van der Waals surface area contributed by atoms with Crippen molar-refractivity contribution in [1.29, 1.82) is 0 Å². The van der Waals surface area contributed by atoms with Crippen LogP contribution in [0.5, 0.6) is 34.5 Å². The molecule has 4 rings (SSSR count). The van der Waals surface area contributed by atoms with Crippen LogP contribution in [0.15, 0.2) is 94.7 Å². The van der Waals surface area contributed by atoms with E-state index in [0.717, 1.165) is 49.3 Å². The van der Waals surface area contributed by atoms with Gasteiger partial charge in [0.15, 0.2) is 11.5 Å². The number of ether oxygens (including phenoxy) is 2. The predicted octanol–water partition coefficient (Wildman–Crippen LogP) is 10.9. The van der Waals surface area contributed by atoms with E-state index in [9.17, 15) is 31.6 Å². The Balaban J connectivity index is 0.000000387. The number of hydrogen-bond acceptors (Lipinski definition) is 9. The molecule has 0 amide bonds. The summed E-state index contributed by atoms with van der Waals surface area (Å²) in [5.41, 5.74) is 2.07. The third kappa shape index (κ3) is 20.1. The summed E-state index contributed by atoms with van der Waals surface area (Å²) in [4.78, 5) is -0.632. The van der Waals surface area contributed by atoms with Crippen molar-refractivity contribution < 1.29 is 45.6 Å². The third-order valence-corrected chi connectivity index (χ3v) is 11.0. The summed E-state index contributed by atoms with van der Waals surface area (Å²) < 4.78 is 76.2. The van der Waals surface area contributed by atoms with E-state index in [-0.39, 0.29) is 82.0 Å². The second kappa shape index (κ2) is 27.0. The topological polar surface area (TPSA) is 173 Å². The molecule has 2 N–H and O–H groups in total. The number of rotatable bonds is 24. The van der Waals surface area contributed by atoms with Gasteiger partial charge in [0.1, 0.15) is 27.4 Å². The maximum Gasteiger partial charge on any atom is 2.00 e. The second-order valence-corrected chi connectivity index (χ2v) is 16.9. The zero-order valence-electron chi connectivity index (χ0n) is 33.5. The molecule has 0 heterocycles. The molecular formula is C44H58CaO10S2. The number of hydrogen-bond donors (Lipinski definition) is 2. The van der Waals surface area contributed by atoms with Crippen molar-refractivity contribution in [3.8, 4) is 34.5 Å². The zero-order chi connectivity index (χ0) is 40.8. The van der Waals surface area contributed by atoms with E-state index in [1.165, 1.54) is 126 Å². The van der Waals surface area contributed by atoms with Gasteiger partial charge in [-0.1, -0.05) is 140 Å². The third-order valence-electron chi connectivity index (χ3n) is 9.32. The largest absolute Gasteiger partial charge is 2.00 e. The molecular weight excluding hydrogens is 793 g/mol. The van der Waals surface area contributed by atoms with Crippen molar-refractivity contribution in [2.24, 2.45) is 0 Å². The molecule has 0 saturated heterocycles. The average Bonchev–Trinajstić information content (AvgIpc) is 3.16. The Morgan fingerprint density at radius 3 is 1.46 bits per heavy atom. The standard InChI is InChI=1S/2C22H30O5S.Ca/c2*1-2-3-4-5-6-7-8-9-11-18-14-15-21(23)22(16-18)27-19-12-10-13-20(17-19)28(24,25)26;/h2*10,12-17,23H,2-9,11H2,1H3,(H,24,25,26);/q;;+2/p-2. The number of aryl methyl sites for hydroxylation is 2. The minimum absolute atomic E-state index is 0. The first-order chi connectivity index (χ1) is 26.8. The fraction of sp³-hybridized carbons (Fsp3) is 0.455. The Morgan fingerprint density at radius 2 is 0.965 bits per heavy atom. The summed E-state index contributed by atoms with van der Waals surface area (Å²) in [7, 11) is -8.87. The molecule has 4 aromatic rings. The van der Waals surface area contributed by atoms with Crippen LogP contribution >= 0.6 is 0 Å². The van der Waals surface area contributed by atoms with Crippen molar-refractivity contribution in [2.45, 2.75) is 139 Å². The molecule has 4 aromatic carbocycles. The smallest absolute Gasteiger partial charge is 0.870 e. The molecule has 0 aliphatic heterocycles. The van der Waals surface area contributed by atoms with Crippen LogP contribution < -0.4 is 14.6 Å². The number of aromatic hydroxyl groups is 1. The first-order valence-electron chi connectivity index (χ1n) is 19.9. The molecule has 0 aromatic heterocycles. The van der Waals surface area contributed by atoms with Gasteiger partial charge in [-0.25, -0.2) is 8.42 Å². The number of phenols is 1. The number of benzene rings is 4. The van der Waals surface area contributed by atoms with Crippen molar-refractivity contribution in [1.82, 2.24) is 0 Å². The first kappa shape index (κ1) is 50.3. The molecule has 0 atom stereocenters. The molecule has 0 fully saturated rings. The van der Waals surface area contributed by atoms with Crippen LogP contribution in [0.3, 0.4) is 0 Å². The van der Waals surface area contributed by atoms with Crippen LogP contribution in [0.4, 0.5) is 0 Å². The molecule has 0 unspecified atom stereocenters.